The highest BCUT2D eigenvalue weighted by molar-refractivity contribution is 7.21. The average Bonchev–Trinajstić information content (AvgIpc) is 2.73. The van der Waals surface area contributed by atoms with E-state index in [-0.39, 0.29) is 27.9 Å². The lowest BCUT2D eigenvalue weighted by atomic mass is 10.1. The Morgan fingerprint density at radius 2 is 1.95 bits per heavy atom. The Hall–Kier alpha value is -1.76. The minimum Gasteiger partial charge on any atom is -0.397 e. The first-order valence-electron chi connectivity index (χ1n) is 6.29. The fourth-order valence-electron chi connectivity index (χ4n) is 1.85. The molecule has 2 N–H and O–H groups in total. The second-order valence-corrected chi connectivity index (χ2v) is 6.12. The molecule has 0 spiro atoms. The van der Waals surface area contributed by atoms with Crippen LogP contribution in [0.3, 0.4) is 0 Å². The van der Waals surface area contributed by atoms with Crippen LogP contribution in [0.5, 0.6) is 0 Å². The zero-order chi connectivity index (χ0) is 15.9. The first kappa shape index (κ1) is 15.6. The summed E-state index contributed by atoms with van der Waals surface area (Å²) in [4.78, 5) is 14.1. The van der Waals surface area contributed by atoms with Gasteiger partial charge in [-0.05, 0) is 32.0 Å². The van der Waals surface area contributed by atoms with E-state index in [2.05, 4.69) is 0 Å². The summed E-state index contributed by atoms with van der Waals surface area (Å²) in [6, 6.07) is 3.32. The standard InChI is InChI=1S/C14H15F3N2OS/c1-7(2)19(3)13(20)12-11(18)9-6-8(14(15,16)17)4-5-10(9)21-12/h4-7H,18H2,1-3H3. The molecule has 7 heteroatoms. The van der Waals surface area contributed by atoms with Crippen LogP contribution in [0.25, 0.3) is 10.1 Å². The number of hydrogen-bond donors (Lipinski definition) is 1. The van der Waals surface area contributed by atoms with Crippen LogP contribution in [0.2, 0.25) is 0 Å². The molecule has 2 aromatic rings. The first-order valence-corrected chi connectivity index (χ1v) is 7.11. The molecule has 21 heavy (non-hydrogen) atoms. The SMILES string of the molecule is CC(C)N(C)C(=O)c1sc2ccc(C(F)(F)F)cc2c1N. The van der Waals surface area contributed by atoms with Crippen molar-refractivity contribution in [2.24, 2.45) is 0 Å². The molecule has 3 nitrogen and oxygen atoms in total. The number of fused-ring (bicyclic) bond motifs is 1. The normalized spacial score (nSPS) is 12.1. The smallest absolute Gasteiger partial charge is 0.397 e. The summed E-state index contributed by atoms with van der Waals surface area (Å²) in [5.41, 5.74) is 5.23. The Labute approximate surface area is 124 Å². The fraction of sp³-hybridized carbons (Fsp3) is 0.357. The molecule has 1 heterocycles. The molecule has 0 unspecified atom stereocenters. The van der Waals surface area contributed by atoms with Crippen molar-refractivity contribution in [1.29, 1.82) is 0 Å². The molecule has 0 fully saturated rings. The van der Waals surface area contributed by atoms with Crippen LogP contribution in [0, 0.1) is 0 Å². The van der Waals surface area contributed by atoms with E-state index in [4.69, 9.17) is 5.73 Å². The molecule has 0 aliphatic rings. The second kappa shape index (κ2) is 5.22. The van der Waals surface area contributed by atoms with Crippen molar-refractivity contribution < 1.29 is 18.0 Å². The van der Waals surface area contributed by atoms with E-state index in [1.165, 1.54) is 11.0 Å². The van der Waals surface area contributed by atoms with Gasteiger partial charge in [0.2, 0.25) is 0 Å². The van der Waals surface area contributed by atoms with Gasteiger partial charge < -0.3 is 10.6 Å². The van der Waals surface area contributed by atoms with Gasteiger partial charge in [0.05, 0.1) is 11.3 Å². The Morgan fingerprint density at radius 3 is 2.48 bits per heavy atom. The topological polar surface area (TPSA) is 46.3 Å². The Bertz CT molecular complexity index is 691. The molecule has 0 saturated carbocycles. The number of benzene rings is 1. The van der Waals surface area contributed by atoms with E-state index in [0.717, 1.165) is 23.5 Å². The third kappa shape index (κ3) is 2.83. The summed E-state index contributed by atoms with van der Waals surface area (Å²) < 4.78 is 38.8. The minimum atomic E-state index is -4.43. The van der Waals surface area contributed by atoms with Crippen LogP contribution < -0.4 is 5.73 Å². The quantitative estimate of drug-likeness (QED) is 0.911. The van der Waals surface area contributed by atoms with Crippen LogP contribution in [0.4, 0.5) is 18.9 Å². The van der Waals surface area contributed by atoms with E-state index in [1.807, 2.05) is 13.8 Å². The van der Waals surface area contributed by atoms with Crippen molar-refractivity contribution in [3.05, 3.63) is 28.6 Å². The largest absolute Gasteiger partial charge is 0.416 e. The van der Waals surface area contributed by atoms with Crippen LogP contribution in [0.15, 0.2) is 18.2 Å². The number of carbonyl (C=O) groups excluding carboxylic acids is 1. The molecule has 0 atom stereocenters. The maximum absolute atomic E-state index is 12.7. The highest BCUT2D eigenvalue weighted by Gasteiger charge is 2.31. The van der Waals surface area contributed by atoms with E-state index in [0.29, 0.717) is 4.70 Å². The molecule has 0 saturated heterocycles. The summed E-state index contributed by atoms with van der Waals surface area (Å²) in [7, 11) is 1.64. The van der Waals surface area contributed by atoms with E-state index in [9.17, 15) is 18.0 Å². The van der Waals surface area contributed by atoms with Crippen LogP contribution in [-0.2, 0) is 6.18 Å². The molecule has 0 radical (unpaired) electrons. The number of anilines is 1. The molecule has 1 amide bonds. The van der Waals surface area contributed by atoms with Crippen molar-refractivity contribution in [2.75, 3.05) is 12.8 Å². The summed E-state index contributed by atoms with van der Waals surface area (Å²) in [6.07, 6.45) is -4.43. The molecule has 2 rings (SSSR count). The number of alkyl halides is 3. The third-order valence-electron chi connectivity index (χ3n) is 3.34. The molecule has 1 aromatic heterocycles. The number of rotatable bonds is 2. The van der Waals surface area contributed by atoms with Crippen LogP contribution in [-0.4, -0.2) is 23.9 Å². The molecule has 0 aliphatic carbocycles. The lowest BCUT2D eigenvalue weighted by Gasteiger charge is -2.20. The number of nitrogens with two attached hydrogens (primary N) is 1. The number of halogens is 3. The highest BCUT2D eigenvalue weighted by Crippen LogP contribution is 2.38. The van der Waals surface area contributed by atoms with Gasteiger partial charge in [0, 0.05) is 23.2 Å². The van der Waals surface area contributed by atoms with Gasteiger partial charge in [-0.1, -0.05) is 0 Å². The predicted molar refractivity (Wildman–Crippen MR) is 78.5 cm³/mol. The van der Waals surface area contributed by atoms with Gasteiger partial charge in [0.15, 0.2) is 0 Å². The van der Waals surface area contributed by atoms with Gasteiger partial charge in [0.25, 0.3) is 5.91 Å². The van der Waals surface area contributed by atoms with Crippen LogP contribution in [0.1, 0.15) is 29.1 Å². The first-order chi connectivity index (χ1) is 9.62. The van der Waals surface area contributed by atoms with Gasteiger partial charge in [-0.2, -0.15) is 13.2 Å². The molecular formula is C14H15F3N2OS. The van der Waals surface area contributed by atoms with Gasteiger partial charge >= 0.3 is 6.18 Å². The van der Waals surface area contributed by atoms with Gasteiger partial charge in [0.1, 0.15) is 4.88 Å². The average molecular weight is 316 g/mol. The van der Waals surface area contributed by atoms with Gasteiger partial charge in [-0.15, -0.1) is 11.3 Å². The van der Waals surface area contributed by atoms with Crippen molar-refractivity contribution in [3.8, 4) is 0 Å². The molecule has 0 bridgehead atoms. The number of carbonyl (C=O) groups is 1. The third-order valence-corrected chi connectivity index (χ3v) is 4.52. The van der Waals surface area contributed by atoms with Crippen molar-refractivity contribution >= 4 is 33.0 Å². The summed E-state index contributed by atoms with van der Waals surface area (Å²) in [5, 5.41) is 0.273. The minimum absolute atomic E-state index is 0.0205. The highest BCUT2D eigenvalue weighted by atomic mass is 32.1. The van der Waals surface area contributed by atoms with Crippen molar-refractivity contribution in [1.82, 2.24) is 4.90 Å². The molecule has 1 aromatic carbocycles. The molecule has 0 aliphatic heterocycles. The number of nitrogen functional groups attached to an aromatic ring is 1. The summed E-state index contributed by atoms with van der Waals surface area (Å²) >= 11 is 1.11. The number of thiophene rings is 1. The monoisotopic (exact) mass is 316 g/mol. The molecular weight excluding hydrogens is 301 g/mol. The molecule has 114 valence electrons. The predicted octanol–water partition coefficient (Wildman–Crippen LogP) is 3.98. The van der Waals surface area contributed by atoms with Crippen molar-refractivity contribution in [3.63, 3.8) is 0 Å². The van der Waals surface area contributed by atoms with E-state index < -0.39 is 11.7 Å². The number of amides is 1. The second-order valence-electron chi connectivity index (χ2n) is 5.06. The lowest BCUT2D eigenvalue weighted by Crippen LogP contribution is -2.32. The van der Waals surface area contributed by atoms with Gasteiger partial charge in [-0.25, -0.2) is 0 Å². The summed E-state index contributed by atoms with van der Waals surface area (Å²) in [5.74, 6) is -0.280. The van der Waals surface area contributed by atoms with E-state index in [1.54, 1.807) is 7.05 Å². The number of nitrogens with zero attached hydrogens (tertiary/aromatic N) is 1. The van der Waals surface area contributed by atoms with Crippen molar-refractivity contribution in [2.45, 2.75) is 26.1 Å². The zero-order valence-corrected chi connectivity index (χ0v) is 12.6. The van der Waals surface area contributed by atoms with E-state index >= 15 is 0 Å². The Morgan fingerprint density at radius 1 is 1.33 bits per heavy atom. The summed E-state index contributed by atoms with van der Waals surface area (Å²) in [6.45, 7) is 3.70. The Balaban J connectivity index is 2.54. The maximum Gasteiger partial charge on any atom is 0.416 e. The van der Waals surface area contributed by atoms with Crippen LogP contribution >= 0.6 is 11.3 Å². The lowest BCUT2D eigenvalue weighted by molar-refractivity contribution is -0.137. The van der Waals surface area contributed by atoms with Gasteiger partial charge in [-0.3, -0.25) is 4.79 Å². The fourth-order valence-corrected chi connectivity index (χ4v) is 2.93. The maximum atomic E-state index is 12.7. The Kier molecular flexibility index (Phi) is 3.88. The zero-order valence-electron chi connectivity index (χ0n) is 11.8. The number of hydrogen-bond acceptors (Lipinski definition) is 3.